The van der Waals surface area contributed by atoms with Crippen LogP contribution in [0.15, 0.2) is 61.8 Å². The minimum absolute atomic E-state index is 0.0875. The maximum absolute atomic E-state index is 10.9. The minimum Gasteiger partial charge on any atom is -0.460 e. The van der Waals surface area contributed by atoms with E-state index >= 15 is 0 Å². The summed E-state index contributed by atoms with van der Waals surface area (Å²) in [5.74, 6) is -3.21. The zero-order valence-electron chi connectivity index (χ0n) is 35.0. The Bertz CT molecular complexity index is 1700. The summed E-state index contributed by atoms with van der Waals surface area (Å²) in [4.78, 5) is 135. The van der Waals surface area contributed by atoms with Crippen LogP contribution in [0.2, 0.25) is 0 Å². The van der Waals surface area contributed by atoms with Gasteiger partial charge in [-0.15, -0.1) is 0 Å². The minimum atomic E-state index is -4.46. The second kappa shape index (κ2) is 38.7. The highest BCUT2D eigenvalue weighted by Gasteiger charge is 2.17. The Hall–Kier alpha value is -3.40. The van der Waals surface area contributed by atoms with Gasteiger partial charge in [0.1, 0.15) is 26.4 Å². The summed E-state index contributed by atoms with van der Waals surface area (Å²) in [5.41, 5.74) is 0.648. The fourth-order valence-corrected chi connectivity index (χ4v) is 3.75. The summed E-state index contributed by atoms with van der Waals surface area (Å²) in [6.07, 6.45) is 1.34. The molecule has 0 aliphatic heterocycles. The fraction of sp³-hybridized carbons (Fsp3) is 0.500. The number of phosphoric ester groups is 4. The number of esters is 5. The summed E-state index contributed by atoms with van der Waals surface area (Å²) in [5, 5.41) is 0. The molecule has 0 saturated heterocycles. The van der Waals surface area contributed by atoms with Crippen LogP contribution in [0.1, 0.15) is 27.2 Å². The van der Waals surface area contributed by atoms with E-state index in [1.54, 1.807) is 6.92 Å². The molecule has 0 heterocycles. The van der Waals surface area contributed by atoms with Gasteiger partial charge >= 0.3 is 68.7 Å². The van der Waals surface area contributed by atoms with Gasteiger partial charge in [0.25, 0.3) is 0 Å². The van der Waals surface area contributed by atoms with Crippen LogP contribution in [-0.2, 0) is 93.3 Å². The van der Waals surface area contributed by atoms with E-state index in [9.17, 15) is 46.8 Å². The standard InChI is InChI=1S/C9H17O7P.C6H11O6P.2C5H9O6P.C5H9O5P/c1-8(2)9(10)15-7-6-14-4-3-5-16-17(11,12)13;1-5(2)6(7)11-3-4-12-13(8,9)10;2*1-2-5(6)10-3-4-11-12(7,8)9;1-4(2)5(6)10-3-11(7,8)9/h1,3-7H2,2H3,(H2,11,12,13);1,3-4H2,2H3,(H2,8,9,10);2*2H,1,3-4H2,(H2,7,8,9);1,3H2,2H3,(H2,7,8,9). The van der Waals surface area contributed by atoms with E-state index < -0.39 is 75.1 Å². The lowest BCUT2D eigenvalue weighted by Crippen LogP contribution is -2.11. The van der Waals surface area contributed by atoms with Crippen LogP contribution >= 0.6 is 38.9 Å². The molecule has 0 bridgehead atoms. The molecule has 0 amide bonds. The van der Waals surface area contributed by atoms with Crippen molar-refractivity contribution in [1.82, 2.24) is 0 Å². The van der Waals surface area contributed by atoms with Crippen molar-refractivity contribution in [2.75, 3.05) is 72.4 Å². The Morgan fingerprint density at radius 2 is 0.692 bits per heavy atom. The van der Waals surface area contributed by atoms with Gasteiger partial charge in [0.05, 0.1) is 33.0 Å². The van der Waals surface area contributed by atoms with Gasteiger partial charge in [-0.3, -0.25) is 22.7 Å². The first-order valence-corrected chi connectivity index (χ1v) is 24.8. The molecule has 0 aliphatic carbocycles. The number of carbonyl (C=O) groups is 5. The van der Waals surface area contributed by atoms with Gasteiger partial charge < -0.3 is 77.4 Å². The van der Waals surface area contributed by atoms with Crippen LogP contribution in [0.5, 0.6) is 0 Å². The van der Waals surface area contributed by atoms with Gasteiger partial charge in [-0.25, -0.2) is 42.2 Å². The molecule has 0 unspecified atom stereocenters. The number of ether oxygens (including phenoxy) is 6. The summed E-state index contributed by atoms with van der Waals surface area (Å²) in [7, 11) is -22.0. The van der Waals surface area contributed by atoms with E-state index in [1.807, 2.05) is 0 Å². The summed E-state index contributed by atoms with van der Waals surface area (Å²) >= 11 is 0. The first-order valence-electron chi connectivity index (χ1n) is 16.9. The number of carbonyl (C=O) groups excluding carboxylic acids is 5. The molecule has 0 aliphatic rings. The largest absolute Gasteiger partial charge is 0.469 e. The van der Waals surface area contributed by atoms with Crippen molar-refractivity contribution in [1.29, 1.82) is 0 Å². The van der Waals surface area contributed by atoms with Crippen molar-refractivity contribution >= 4 is 68.7 Å². The second-order valence-electron chi connectivity index (χ2n) is 10.8. The highest BCUT2D eigenvalue weighted by molar-refractivity contribution is 7.51. The zero-order chi connectivity index (χ0) is 52.1. The van der Waals surface area contributed by atoms with Gasteiger partial charge in [0.2, 0.25) is 0 Å². The molecule has 65 heavy (non-hydrogen) atoms. The molecule has 0 atom stereocenters. The SMILES string of the molecule is C=C(C)C(=O)OCCOCCCOP(=O)(O)O.C=C(C)C(=O)OCCOP(=O)(O)O.C=C(C)C(=O)OCP(=O)(O)O.C=CC(=O)OCCOP(=O)(O)O.C=CC(=O)OCCOP(=O)(O)O. The predicted molar refractivity (Wildman–Crippen MR) is 219 cm³/mol. The van der Waals surface area contributed by atoms with Gasteiger partial charge in [0.15, 0.2) is 6.35 Å². The van der Waals surface area contributed by atoms with E-state index in [2.05, 4.69) is 69.9 Å². The third-order valence-corrected chi connectivity index (χ3v) is 7.19. The third-order valence-electron chi connectivity index (χ3n) is 4.65. The normalized spacial score (nSPS) is 11.0. The molecule has 0 aromatic carbocycles. The Kier molecular flexibility index (Phi) is 42.0. The molecule has 0 rings (SSSR count). The molecular weight excluding hydrogens is 995 g/mol. The smallest absolute Gasteiger partial charge is 0.460 e. The van der Waals surface area contributed by atoms with Crippen LogP contribution < -0.4 is 0 Å². The highest BCUT2D eigenvalue weighted by atomic mass is 31.2. The number of hydrogen-bond acceptors (Lipinski definition) is 20. The van der Waals surface area contributed by atoms with E-state index in [4.69, 9.17) is 58.4 Å². The Morgan fingerprint density at radius 3 is 0.969 bits per heavy atom. The molecule has 0 aromatic rings. The lowest BCUT2D eigenvalue weighted by atomic mass is 10.4. The number of rotatable bonds is 27. The van der Waals surface area contributed by atoms with E-state index in [-0.39, 0.29) is 77.2 Å². The van der Waals surface area contributed by atoms with Crippen LogP contribution in [0.25, 0.3) is 0 Å². The third kappa shape index (κ3) is 69.8. The van der Waals surface area contributed by atoms with Crippen molar-refractivity contribution in [3.8, 4) is 0 Å². The molecule has 30 nitrogen and oxygen atoms in total. The van der Waals surface area contributed by atoms with Gasteiger partial charge in [-0.2, -0.15) is 0 Å². The maximum Gasteiger partial charge on any atom is 0.469 e. The second-order valence-corrected chi connectivity index (χ2v) is 17.4. The zero-order valence-corrected chi connectivity index (χ0v) is 39.5. The molecule has 35 heteroatoms. The Labute approximate surface area is 371 Å². The topological polar surface area (TPSA) is 465 Å². The monoisotopic (exact) mass is 1050 g/mol. The molecule has 0 saturated carbocycles. The number of phosphoric acid groups is 4. The fourth-order valence-electron chi connectivity index (χ4n) is 2.16. The van der Waals surface area contributed by atoms with E-state index in [0.717, 1.165) is 12.2 Å². The van der Waals surface area contributed by atoms with E-state index in [0.29, 0.717) is 12.0 Å². The van der Waals surface area contributed by atoms with Crippen molar-refractivity contribution < 1.29 is 142 Å². The first-order chi connectivity index (χ1) is 29.4. The van der Waals surface area contributed by atoms with Crippen LogP contribution in [0.3, 0.4) is 0 Å². The van der Waals surface area contributed by atoms with Gasteiger partial charge in [0, 0.05) is 35.5 Å². The Morgan fingerprint density at radius 1 is 0.415 bits per heavy atom. The lowest BCUT2D eigenvalue weighted by molar-refractivity contribution is -0.141. The molecule has 380 valence electrons. The molecule has 10 N–H and O–H groups in total. The van der Waals surface area contributed by atoms with Crippen molar-refractivity contribution in [3.05, 3.63) is 61.8 Å². The van der Waals surface area contributed by atoms with Crippen molar-refractivity contribution in [2.24, 2.45) is 0 Å². The van der Waals surface area contributed by atoms with Crippen molar-refractivity contribution in [3.63, 3.8) is 0 Å². The van der Waals surface area contributed by atoms with Gasteiger partial charge in [-0.05, 0) is 27.2 Å². The van der Waals surface area contributed by atoms with Crippen LogP contribution in [-0.4, -0.2) is 151 Å². The maximum atomic E-state index is 10.9. The van der Waals surface area contributed by atoms with Gasteiger partial charge in [-0.1, -0.05) is 32.9 Å². The molecule has 0 radical (unpaired) electrons. The predicted octanol–water partition coefficient (Wildman–Crippen LogP) is 0.727. The molecule has 0 spiro atoms. The van der Waals surface area contributed by atoms with Crippen molar-refractivity contribution in [2.45, 2.75) is 27.2 Å². The average molecular weight is 1050 g/mol. The molecule has 0 fully saturated rings. The summed E-state index contributed by atoms with van der Waals surface area (Å²) < 4.78 is 94.0. The summed E-state index contributed by atoms with van der Waals surface area (Å²) in [6, 6.07) is 0. The summed E-state index contributed by atoms with van der Waals surface area (Å²) in [6.45, 7) is 19.4. The van der Waals surface area contributed by atoms with Crippen LogP contribution in [0, 0.1) is 0 Å². The molecule has 0 aromatic heterocycles. The highest BCUT2D eigenvalue weighted by Crippen LogP contribution is 2.37. The number of hydrogen-bond donors (Lipinski definition) is 10. The Balaban J connectivity index is -0.000000233. The lowest BCUT2D eigenvalue weighted by Gasteiger charge is -2.06. The molecular formula is C30H55O30P5. The first kappa shape index (κ1) is 70.6. The van der Waals surface area contributed by atoms with Crippen LogP contribution in [0.4, 0.5) is 0 Å². The van der Waals surface area contributed by atoms with E-state index in [1.165, 1.54) is 13.8 Å². The average Bonchev–Trinajstić information content (AvgIpc) is 3.15. The quantitative estimate of drug-likeness (QED) is 0.0178.